The number of nitrogens with two attached hydrogens (primary N) is 1. The Morgan fingerprint density at radius 3 is 2.41 bits per heavy atom. The highest BCUT2D eigenvalue weighted by atomic mass is 16.4. The number of hydrogen-bond acceptors (Lipinski definition) is 5. The Kier molecular flexibility index (Phi) is 8.28. The summed E-state index contributed by atoms with van der Waals surface area (Å²) in [6.07, 6.45) is 4.15. The lowest BCUT2D eigenvalue weighted by molar-refractivity contribution is -0.143. The average Bonchev–Trinajstić information content (AvgIpc) is 3.17. The van der Waals surface area contributed by atoms with E-state index in [1.165, 1.54) is 0 Å². The van der Waals surface area contributed by atoms with Crippen molar-refractivity contribution in [2.75, 3.05) is 13.1 Å². The van der Waals surface area contributed by atoms with Crippen LogP contribution in [0, 0.1) is 5.41 Å². The smallest absolute Gasteiger partial charge is 0.426 e. The topological polar surface area (TPSA) is 125 Å². The molecule has 148 valence electrons. The van der Waals surface area contributed by atoms with Gasteiger partial charge in [-0.25, -0.2) is 0 Å². The molecule has 1 atom stereocenters. The van der Waals surface area contributed by atoms with Gasteiger partial charge in [0.2, 0.25) is 11.8 Å². The third kappa shape index (κ3) is 5.79. The summed E-state index contributed by atoms with van der Waals surface area (Å²) in [5.41, 5.74) is 5.45. The van der Waals surface area contributed by atoms with Gasteiger partial charge in [-0.05, 0) is 44.2 Å². The molecule has 6 N–H and O–H groups in total. The van der Waals surface area contributed by atoms with Crippen LogP contribution in [-0.4, -0.2) is 48.0 Å². The maximum absolute atomic E-state index is 12.9. The molecule has 0 spiro atoms. The van der Waals surface area contributed by atoms with Crippen molar-refractivity contribution in [2.24, 2.45) is 11.1 Å². The van der Waals surface area contributed by atoms with Crippen molar-refractivity contribution < 1.29 is 19.6 Å². The highest BCUT2D eigenvalue weighted by Gasteiger charge is 2.48. The Bertz CT molecular complexity index is 606. The van der Waals surface area contributed by atoms with E-state index in [4.69, 9.17) is 5.73 Å². The number of rotatable bonds is 10. The molecule has 1 aliphatic rings. The minimum atomic E-state index is -1.68. The Morgan fingerprint density at radius 1 is 1.15 bits per heavy atom. The minimum absolute atomic E-state index is 0.279. The molecule has 0 saturated heterocycles. The molecule has 7 nitrogen and oxygen atoms in total. The monoisotopic (exact) mass is 375 g/mol. The summed E-state index contributed by atoms with van der Waals surface area (Å²) >= 11 is 0. The molecule has 0 aromatic heterocycles. The first-order valence-corrected chi connectivity index (χ1v) is 9.69. The average molecular weight is 375 g/mol. The van der Waals surface area contributed by atoms with Crippen LogP contribution in [0.15, 0.2) is 30.3 Å². The first kappa shape index (κ1) is 21.4. The van der Waals surface area contributed by atoms with Gasteiger partial charge >= 0.3 is 7.12 Å². The molecule has 2 rings (SSSR count). The van der Waals surface area contributed by atoms with Gasteiger partial charge in [-0.15, -0.1) is 0 Å². The summed E-state index contributed by atoms with van der Waals surface area (Å²) in [6.45, 7) is 0.849. The molecule has 1 fully saturated rings. The van der Waals surface area contributed by atoms with Crippen LogP contribution in [0.25, 0.3) is 0 Å². The van der Waals surface area contributed by atoms with Gasteiger partial charge in [0, 0.05) is 6.54 Å². The van der Waals surface area contributed by atoms with Crippen LogP contribution in [-0.2, 0) is 16.0 Å². The highest BCUT2D eigenvalue weighted by molar-refractivity contribution is 6.43. The Labute approximate surface area is 160 Å². The quantitative estimate of drug-likeness (QED) is 0.294. The highest BCUT2D eigenvalue weighted by Crippen LogP contribution is 2.38. The van der Waals surface area contributed by atoms with Gasteiger partial charge in [0.25, 0.3) is 0 Å². The first-order valence-electron chi connectivity index (χ1n) is 9.69. The molecular weight excluding hydrogens is 345 g/mol. The third-order valence-electron chi connectivity index (χ3n) is 5.26. The van der Waals surface area contributed by atoms with Gasteiger partial charge in [0.05, 0.1) is 5.94 Å². The van der Waals surface area contributed by atoms with Crippen molar-refractivity contribution >= 4 is 18.9 Å². The molecule has 1 aliphatic carbocycles. The largest absolute Gasteiger partial charge is 0.475 e. The van der Waals surface area contributed by atoms with Crippen molar-refractivity contribution in [3.05, 3.63) is 35.9 Å². The van der Waals surface area contributed by atoms with Crippen molar-refractivity contribution in [1.82, 2.24) is 10.6 Å². The van der Waals surface area contributed by atoms with Crippen molar-refractivity contribution in [3.8, 4) is 0 Å². The summed E-state index contributed by atoms with van der Waals surface area (Å²) in [5, 5.41) is 24.6. The molecule has 2 amide bonds. The summed E-state index contributed by atoms with van der Waals surface area (Å²) in [7, 11) is -1.68. The lowest BCUT2D eigenvalue weighted by Gasteiger charge is -2.29. The van der Waals surface area contributed by atoms with Crippen LogP contribution in [0.5, 0.6) is 0 Å². The van der Waals surface area contributed by atoms with E-state index in [9.17, 15) is 19.6 Å². The van der Waals surface area contributed by atoms with Crippen LogP contribution >= 0.6 is 0 Å². The Morgan fingerprint density at radius 2 is 1.81 bits per heavy atom. The molecule has 1 aromatic carbocycles. The zero-order chi connectivity index (χ0) is 19.7. The standard InChI is InChI=1S/C19H30BN3O4/c21-13-6-9-16(20(26)27)23-18(25)19(11-4-5-12-19)17(24)22-14-10-15-7-2-1-3-8-15/h1-3,7-8,16,26-27H,4-6,9-14,21H2,(H,22,24)(H,23,25)/t16-/m0/s1. The number of carbonyl (C=O) groups is 2. The van der Waals surface area contributed by atoms with E-state index in [0.717, 1.165) is 18.4 Å². The maximum atomic E-state index is 12.9. The van der Waals surface area contributed by atoms with Crippen LogP contribution < -0.4 is 16.4 Å². The second kappa shape index (κ2) is 10.4. The molecule has 1 saturated carbocycles. The summed E-state index contributed by atoms with van der Waals surface area (Å²) < 4.78 is 0. The molecule has 27 heavy (non-hydrogen) atoms. The molecule has 0 aliphatic heterocycles. The molecule has 0 unspecified atom stereocenters. The van der Waals surface area contributed by atoms with Crippen LogP contribution in [0.4, 0.5) is 0 Å². The van der Waals surface area contributed by atoms with E-state index < -0.39 is 24.4 Å². The van der Waals surface area contributed by atoms with E-state index in [0.29, 0.717) is 45.2 Å². The lowest BCUT2D eigenvalue weighted by atomic mass is 9.75. The second-order valence-electron chi connectivity index (χ2n) is 7.21. The molecular formula is C19H30BN3O4. The fraction of sp³-hybridized carbons (Fsp3) is 0.579. The zero-order valence-electron chi connectivity index (χ0n) is 15.7. The fourth-order valence-electron chi connectivity index (χ4n) is 3.61. The SMILES string of the molecule is NCCC[C@H](NC(=O)C1(C(=O)NCCc2ccccc2)CCCC1)B(O)O. The predicted octanol–water partition coefficient (Wildman–Crippen LogP) is 0.141. The van der Waals surface area contributed by atoms with Gasteiger partial charge < -0.3 is 26.4 Å². The third-order valence-corrected chi connectivity index (χ3v) is 5.26. The van der Waals surface area contributed by atoms with Gasteiger partial charge in [-0.1, -0.05) is 43.2 Å². The van der Waals surface area contributed by atoms with E-state index in [1.807, 2.05) is 30.3 Å². The molecule has 8 heteroatoms. The van der Waals surface area contributed by atoms with Crippen molar-refractivity contribution in [1.29, 1.82) is 0 Å². The van der Waals surface area contributed by atoms with Crippen LogP contribution in [0.1, 0.15) is 44.1 Å². The van der Waals surface area contributed by atoms with E-state index in [2.05, 4.69) is 10.6 Å². The van der Waals surface area contributed by atoms with Crippen LogP contribution in [0.3, 0.4) is 0 Å². The molecule has 0 bridgehead atoms. The fourth-order valence-corrected chi connectivity index (χ4v) is 3.61. The second-order valence-corrected chi connectivity index (χ2v) is 7.21. The Balaban J connectivity index is 1.97. The first-order chi connectivity index (χ1) is 13.0. The van der Waals surface area contributed by atoms with Gasteiger partial charge in [0.1, 0.15) is 5.41 Å². The number of nitrogens with one attached hydrogen (secondary N) is 2. The minimum Gasteiger partial charge on any atom is -0.426 e. The van der Waals surface area contributed by atoms with Crippen LogP contribution in [0.2, 0.25) is 0 Å². The van der Waals surface area contributed by atoms with E-state index in [-0.39, 0.29) is 5.91 Å². The van der Waals surface area contributed by atoms with Crippen molar-refractivity contribution in [3.63, 3.8) is 0 Å². The number of benzene rings is 1. The molecule has 1 aromatic rings. The normalized spacial score (nSPS) is 16.6. The Hall–Kier alpha value is -1.90. The number of hydrogen-bond donors (Lipinski definition) is 5. The van der Waals surface area contributed by atoms with Crippen molar-refractivity contribution in [2.45, 2.75) is 50.9 Å². The van der Waals surface area contributed by atoms with E-state index >= 15 is 0 Å². The predicted molar refractivity (Wildman–Crippen MR) is 104 cm³/mol. The summed E-state index contributed by atoms with van der Waals surface area (Å²) in [5.74, 6) is -1.53. The number of carbonyl (C=O) groups excluding carboxylic acids is 2. The zero-order valence-corrected chi connectivity index (χ0v) is 15.7. The van der Waals surface area contributed by atoms with Gasteiger partial charge in [0.15, 0.2) is 0 Å². The lowest BCUT2D eigenvalue weighted by Crippen LogP contribution is -2.56. The van der Waals surface area contributed by atoms with E-state index in [1.54, 1.807) is 0 Å². The molecule has 0 radical (unpaired) electrons. The molecule has 0 heterocycles. The maximum Gasteiger partial charge on any atom is 0.475 e. The summed E-state index contributed by atoms with van der Waals surface area (Å²) in [6, 6.07) is 9.83. The summed E-state index contributed by atoms with van der Waals surface area (Å²) in [4.78, 5) is 25.7. The van der Waals surface area contributed by atoms with Gasteiger partial charge in [-0.2, -0.15) is 0 Å². The number of amides is 2. The van der Waals surface area contributed by atoms with Gasteiger partial charge in [-0.3, -0.25) is 9.59 Å².